The maximum Gasteiger partial charge on any atom is 0.265 e. The van der Waals surface area contributed by atoms with Gasteiger partial charge in [-0.1, -0.05) is 6.07 Å². The average molecular weight is 246 g/mol. The minimum absolute atomic E-state index is 0.160. The molecular formula is C12H10N2O2S. The number of primary amides is 1. The minimum atomic E-state index is -0.485. The number of anilines is 1. The van der Waals surface area contributed by atoms with E-state index in [-0.39, 0.29) is 5.91 Å². The fourth-order valence-electron chi connectivity index (χ4n) is 1.32. The summed E-state index contributed by atoms with van der Waals surface area (Å²) < 4.78 is 0. The molecule has 0 fully saturated rings. The van der Waals surface area contributed by atoms with E-state index in [1.807, 2.05) is 11.4 Å². The van der Waals surface area contributed by atoms with Gasteiger partial charge >= 0.3 is 0 Å². The summed E-state index contributed by atoms with van der Waals surface area (Å²) in [6.45, 7) is 0. The Labute approximate surface area is 102 Å². The van der Waals surface area contributed by atoms with Crippen molar-refractivity contribution in [2.45, 2.75) is 0 Å². The first-order valence-electron chi connectivity index (χ1n) is 4.91. The highest BCUT2D eigenvalue weighted by molar-refractivity contribution is 7.12. The summed E-state index contributed by atoms with van der Waals surface area (Å²) in [4.78, 5) is 23.2. The summed E-state index contributed by atoms with van der Waals surface area (Å²) in [5.41, 5.74) is 6.17. The molecule has 86 valence electrons. The van der Waals surface area contributed by atoms with Crippen LogP contribution in [0.15, 0.2) is 41.8 Å². The third-order valence-corrected chi connectivity index (χ3v) is 3.04. The smallest absolute Gasteiger partial charge is 0.265 e. The number of carbonyl (C=O) groups is 2. The van der Waals surface area contributed by atoms with Gasteiger partial charge in [0, 0.05) is 11.3 Å². The summed E-state index contributed by atoms with van der Waals surface area (Å²) in [5, 5.41) is 4.57. The average Bonchev–Trinajstić information content (AvgIpc) is 2.83. The van der Waals surface area contributed by atoms with Gasteiger partial charge in [-0.05, 0) is 35.7 Å². The number of carbonyl (C=O) groups excluding carboxylic acids is 2. The molecule has 0 aliphatic heterocycles. The fourth-order valence-corrected chi connectivity index (χ4v) is 1.94. The Kier molecular flexibility index (Phi) is 3.20. The second kappa shape index (κ2) is 4.80. The number of amides is 2. The van der Waals surface area contributed by atoms with Gasteiger partial charge in [0.15, 0.2) is 0 Å². The molecule has 0 aliphatic rings. The molecule has 0 bridgehead atoms. The number of hydrogen-bond acceptors (Lipinski definition) is 3. The number of nitrogens with two attached hydrogens (primary N) is 1. The lowest BCUT2D eigenvalue weighted by Gasteiger charge is -2.03. The van der Waals surface area contributed by atoms with E-state index >= 15 is 0 Å². The molecule has 2 amide bonds. The Bertz CT molecular complexity index is 532. The summed E-state index contributed by atoms with van der Waals surface area (Å²) >= 11 is 1.37. The molecule has 0 spiro atoms. The van der Waals surface area contributed by atoms with Gasteiger partial charge < -0.3 is 11.1 Å². The van der Waals surface area contributed by atoms with Crippen molar-refractivity contribution in [2.75, 3.05) is 5.32 Å². The lowest BCUT2D eigenvalue weighted by molar-refractivity contribution is 0.0998. The number of thiophene rings is 1. The van der Waals surface area contributed by atoms with Crippen LogP contribution in [0.1, 0.15) is 20.0 Å². The largest absolute Gasteiger partial charge is 0.366 e. The van der Waals surface area contributed by atoms with Gasteiger partial charge in [-0.15, -0.1) is 11.3 Å². The van der Waals surface area contributed by atoms with Crippen LogP contribution in [-0.4, -0.2) is 11.8 Å². The number of rotatable bonds is 3. The molecule has 1 aromatic carbocycles. The number of benzene rings is 1. The number of hydrogen-bond donors (Lipinski definition) is 2. The SMILES string of the molecule is NC(=O)c1ccc(NC(=O)c2cccs2)cc1. The van der Waals surface area contributed by atoms with Crippen LogP contribution >= 0.6 is 11.3 Å². The predicted molar refractivity (Wildman–Crippen MR) is 67.2 cm³/mol. The third kappa shape index (κ3) is 2.70. The van der Waals surface area contributed by atoms with Gasteiger partial charge in [0.2, 0.25) is 5.91 Å². The van der Waals surface area contributed by atoms with Crippen molar-refractivity contribution >= 4 is 28.8 Å². The molecule has 4 nitrogen and oxygen atoms in total. The first-order valence-corrected chi connectivity index (χ1v) is 5.79. The van der Waals surface area contributed by atoms with Crippen LogP contribution in [0.2, 0.25) is 0 Å². The molecule has 0 atom stereocenters. The van der Waals surface area contributed by atoms with Crippen LogP contribution in [0.4, 0.5) is 5.69 Å². The summed E-state index contributed by atoms with van der Waals surface area (Å²) in [7, 11) is 0. The predicted octanol–water partition coefficient (Wildman–Crippen LogP) is 2.10. The second-order valence-corrected chi connectivity index (χ2v) is 4.32. The molecule has 17 heavy (non-hydrogen) atoms. The van der Waals surface area contributed by atoms with E-state index in [1.54, 1.807) is 30.3 Å². The summed E-state index contributed by atoms with van der Waals surface area (Å²) in [5.74, 6) is -0.645. The standard InChI is InChI=1S/C12H10N2O2S/c13-11(15)8-3-5-9(6-4-8)14-12(16)10-2-1-7-17-10/h1-7H,(H2,13,15)(H,14,16). The highest BCUT2D eigenvalue weighted by Gasteiger charge is 2.07. The molecule has 2 aromatic rings. The Balaban J connectivity index is 2.09. The van der Waals surface area contributed by atoms with Gasteiger partial charge in [-0.3, -0.25) is 9.59 Å². The Hall–Kier alpha value is -2.14. The zero-order chi connectivity index (χ0) is 12.3. The van der Waals surface area contributed by atoms with E-state index in [0.29, 0.717) is 16.1 Å². The van der Waals surface area contributed by atoms with E-state index < -0.39 is 5.91 Å². The Morgan fingerprint density at radius 2 is 1.82 bits per heavy atom. The van der Waals surface area contributed by atoms with Gasteiger partial charge in [0.1, 0.15) is 0 Å². The lowest BCUT2D eigenvalue weighted by Crippen LogP contribution is -2.12. The zero-order valence-corrected chi connectivity index (χ0v) is 9.66. The molecule has 3 N–H and O–H groups in total. The van der Waals surface area contributed by atoms with Crippen LogP contribution in [-0.2, 0) is 0 Å². The van der Waals surface area contributed by atoms with Crippen LogP contribution in [0.3, 0.4) is 0 Å². The topological polar surface area (TPSA) is 72.2 Å². The molecule has 0 saturated carbocycles. The van der Waals surface area contributed by atoms with Gasteiger partial charge in [-0.25, -0.2) is 0 Å². The maximum atomic E-state index is 11.7. The van der Waals surface area contributed by atoms with Gasteiger partial charge in [0.05, 0.1) is 4.88 Å². The molecule has 0 radical (unpaired) electrons. The monoisotopic (exact) mass is 246 g/mol. The second-order valence-electron chi connectivity index (χ2n) is 3.37. The molecule has 5 heteroatoms. The van der Waals surface area contributed by atoms with Crippen molar-refractivity contribution in [3.05, 3.63) is 52.2 Å². The van der Waals surface area contributed by atoms with Gasteiger partial charge in [0.25, 0.3) is 5.91 Å². The van der Waals surface area contributed by atoms with E-state index in [2.05, 4.69) is 5.32 Å². The van der Waals surface area contributed by atoms with Gasteiger partial charge in [-0.2, -0.15) is 0 Å². The van der Waals surface area contributed by atoms with E-state index in [0.717, 1.165) is 0 Å². The Morgan fingerprint density at radius 1 is 1.12 bits per heavy atom. The van der Waals surface area contributed by atoms with Crippen molar-refractivity contribution in [3.8, 4) is 0 Å². The molecule has 0 aliphatic carbocycles. The van der Waals surface area contributed by atoms with E-state index in [1.165, 1.54) is 11.3 Å². The van der Waals surface area contributed by atoms with Crippen molar-refractivity contribution in [1.82, 2.24) is 0 Å². The molecule has 0 saturated heterocycles. The number of nitrogens with one attached hydrogen (secondary N) is 1. The first kappa shape index (κ1) is 11.3. The molecular weight excluding hydrogens is 236 g/mol. The zero-order valence-electron chi connectivity index (χ0n) is 8.84. The highest BCUT2D eigenvalue weighted by atomic mass is 32.1. The van der Waals surface area contributed by atoms with E-state index in [4.69, 9.17) is 5.73 Å². The molecule has 0 unspecified atom stereocenters. The summed E-state index contributed by atoms with van der Waals surface area (Å²) in [6, 6.07) is 10.0. The molecule has 1 aromatic heterocycles. The molecule has 2 rings (SSSR count). The summed E-state index contributed by atoms with van der Waals surface area (Å²) in [6.07, 6.45) is 0. The minimum Gasteiger partial charge on any atom is -0.366 e. The first-order chi connectivity index (χ1) is 8.16. The Morgan fingerprint density at radius 3 is 2.35 bits per heavy atom. The van der Waals surface area contributed by atoms with Crippen molar-refractivity contribution in [2.24, 2.45) is 5.73 Å². The van der Waals surface area contributed by atoms with E-state index in [9.17, 15) is 9.59 Å². The maximum absolute atomic E-state index is 11.7. The lowest BCUT2D eigenvalue weighted by atomic mass is 10.2. The highest BCUT2D eigenvalue weighted by Crippen LogP contribution is 2.13. The normalized spacial score (nSPS) is 9.88. The van der Waals surface area contributed by atoms with Crippen LogP contribution < -0.4 is 11.1 Å². The third-order valence-electron chi connectivity index (χ3n) is 2.17. The molecule has 1 heterocycles. The van der Waals surface area contributed by atoms with Crippen molar-refractivity contribution in [1.29, 1.82) is 0 Å². The van der Waals surface area contributed by atoms with Crippen molar-refractivity contribution < 1.29 is 9.59 Å². The van der Waals surface area contributed by atoms with Crippen LogP contribution in [0.25, 0.3) is 0 Å². The quantitative estimate of drug-likeness (QED) is 0.870. The van der Waals surface area contributed by atoms with Crippen LogP contribution in [0.5, 0.6) is 0 Å². The fraction of sp³-hybridized carbons (Fsp3) is 0. The van der Waals surface area contributed by atoms with Crippen LogP contribution in [0, 0.1) is 0 Å². The van der Waals surface area contributed by atoms with Crippen molar-refractivity contribution in [3.63, 3.8) is 0 Å².